The number of amides is 1. The summed E-state index contributed by atoms with van der Waals surface area (Å²) in [4.78, 5) is 12.9. The Balaban J connectivity index is 1.36. The SMILES string of the molecule is Cc1ccc(S(=O)(=O)N2CCC(C(=O)Nc3nnc(-c4cccc(C)c4)o3)CC2)cc1. The Morgan fingerprint density at radius 3 is 2.42 bits per heavy atom. The van der Waals surface area contributed by atoms with Gasteiger partial charge in [0.15, 0.2) is 0 Å². The molecule has 2 aromatic carbocycles. The van der Waals surface area contributed by atoms with Gasteiger partial charge in [-0.2, -0.15) is 4.31 Å². The standard InChI is InChI=1S/C22H24N4O4S/c1-15-6-8-19(9-7-15)31(28,29)26-12-10-17(11-13-26)20(27)23-22-25-24-21(30-22)18-5-3-4-16(2)14-18/h3-9,14,17H,10-13H2,1-2H3,(H,23,25,27). The van der Waals surface area contributed by atoms with Crippen LogP contribution in [0.5, 0.6) is 0 Å². The number of piperidine rings is 1. The van der Waals surface area contributed by atoms with Gasteiger partial charge in [0.2, 0.25) is 21.8 Å². The van der Waals surface area contributed by atoms with Crippen molar-refractivity contribution in [2.24, 2.45) is 5.92 Å². The molecule has 0 bridgehead atoms. The van der Waals surface area contributed by atoms with Gasteiger partial charge < -0.3 is 4.42 Å². The fraction of sp³-hybridized carbons (Fsp3) is 0.318. The highest BCUT2D eigenvalue weighted by Crippen LogP contribution is 2.26. The minimum atomic E-state index is -3.56. The molecule has 31 heavy (non-hydrogen) atoms. The lowest BCUT2D eigenvalue weighted by Gasteiger charge is -2.30. The van der Waals surface area contributed by atoms with E-state index in [1.807, 2.05) is 38.1 Å². The number of sulfonamides is 1. The molecular weight excluding hydrogens is 416 g/mol. The van der Waals surface area contributed by atoms with Gasteiger partial charge in [0.25, 0.3) is 0 Å². The van der Waals surface area contributed by atoms with E-state index in [2.05, 4.69) is 15.5 Å². The van der Waals surface area contributed by atoms with Crippen LogP contribution in [0.3, 0.4) is 0 Å². The van der Waals surface area contributed by atoms with Gasteiger partial charge in [-0.1, -0.05) is 40.5 Å². The smallest absolute Gasteiger partial charge is 0.322 e. The number of nitrogens with zero attached hydrogens (tertiary/aromatic N) is 3. The van der Waals surface area contributed by atoms with Crippen LogP contribution in [0.1, 0.15) is 24.0 Å². The predicted octanol–water partition coefficient (Wildman–Crippen LogP) is 3.39. The van der Waals surface area contributed by atoms with Crippen LogP contribution in [0.15, 0.2) is 57.8 Å². The fourth-order valence-corrected chi connectivity index (χ4v) is 5.06. The van der Waals surface area contributed by atoms with Crippen LogP contribution in [0.4, 0.5) is 6.01 Å². The van der Waals surface area contributed by atoms with E-state index >= 15 is 0 Å². The molecule has 1 N–H and O–H groups in total. The van der Waals surface area contributed by atoms with E-state index in [1.54, 1.807) is 24.3 Å². The number of anilines is 1. The van der Waals surface area contributed by atoms with Crippen molar-refractivity contribution < 1.29 is 17.6 Å². The maximum atomic E-state index is 12.8. The van der Waals surface area contributed by atoms with Gasteiger partial charge >= 0.3 is 6.01 Å². The van der Waals surface area contributed by atoms with Crippen molar-refractivity contribution in [3.8, 4) is 11.5 Å². The molecule has 0 aliphatic carbocycles. The summed E-state index contributed by atoms with van der Waals surface area (Å²) in [6, 6.07) is 14.5. The zero-order valence-corrected chi connectivity index (χ0v) is 18.2. The summed E-state index contributed by atoms with van der Waals surface area (Å²) in [5.41, 5.74) is 2.84. The number of benzene rings is 2. The minimum Gasteiger partial charge on any atom is -0.403 e. The molecule has 1 aromatic heterocycles. The molecule has 1 aliphatic rings. The van der Waals surface area contributed by atoms with Crippen molar-refractivity contribution in [2.45, 2.75) is 31.6 Å². The van der Waals surface area contributed by atoms with Crippen molar-refractivity contribution in [3.63, 3.8) is 0 Å². The van der Waals surface area contributed by atoms with Crippen molar-refractivity contribution in [1.82, 2.24) is 14.5 Å². The summed E-state index contributed by atoms with van der Waals surface area (Å²) in [5, 5.41) is 10.6. The Morgan fingerprint density at radius 1 is 1.03 bits per heavy atom. The van der Waals surface area contributed by atoms with Crippen LogP contribution in [0, 0.1) is 19.8 Å². The third kappa shape index (κ3) is 4.67. The maximum Gasteiger partial charge on any atom is 0.322 e. The Hall–Kier alpha value is -3.04. The molecule has 1 aliphatic heterocycles. The molecule has 8 nitrogen and oxygen atoms in total. The average Bonchev–Trinajstić information content (AvgIpc) is 3.23. The number of hydrogen-bond acceptors (Lipinski definition) is 6. The molecule has 0 atom stereocenters. The minimum absolute atomic E-state index is 0.0382. The topological polar surface area (TPSA) is 105 Å². The Labute approximate surface area is 181 Å². The lowest BCUT2D eigenvalue weighted by Crippen LogP contribution is -2.41. The van der Waals surface area contributed by atoms with Crippen molar-refractivity contribution in [3.05, 3.63) is 59.7 Å². The molecule has 0 unspecified atom stereocenters. The Bertz CT molecular complexity index is 1180. The molecule has 0 saturated carbocycles. The number of carbonyl (C=O) groups excluding carboxylic acids is 1. The largest absolute Gasteiger partial charge is 0.403 e. The summed E-state index contributed by atoms with van der Waals surface area (Å²) in [6.07, 6.45) is 0.853. The number of carbonyl (C=O) groups is 1. The summed E-state index contributed by atoms with van der Waals surface area (Å²) in [5.74, 6) is -0.233. The molecule has 2 heterocycles. The van der Waals surface area contributed by atoms with E-state index in [4.69, 9.17) is 4.42 Å². The second-order valence-corrected chi connectivity index (χ2v) is 9.70. The average molecular weight is 441 g/mol. The molecule has 9 heteroatoms. The first-order valence-corrected chi connectivity index (χ1v) is 11.6. The Morgan fingerprint density at radius 2 is 1.74 bits per heavy atom. The first kappa shape index (κ1) is 21.2. The first-order chi connectivity index (χ1) is 14.8. The van der Waals surface area contributed by atoms with Gasteiger partial charge in [-0.25, -0.2) is 8.42 Å². The van der Waals surface area contributed by atoms with Gasteiger partial charge in [-0.05, 0) is 51.0 Å². The Kier molecular flexibility index (Phi) is 5.88. The molecule has 1 fully saturated rings. The molecule has 0 radical (unpaired) electrons. The lowest BCUT2D eigenvalue weighted by molar-refractivity contribution is -0.121. The van der Waals surface area contributed by atoms with Gasteiger partial charge in [-0.3, -0.25) is 10.1 Å². The van der Waals surface area contributed by atoms with E-state index in [0.717, 1.165) is 16.7 Å². The number of aryl methyl sites for hydroxylation is 2. The highest BCUT2D eigenvalue weighted by molar-refractivity contribution is 7.89. The van der Waals surface area contributed by atoms with Crippen LogP contribution in [0.2, 0.25) is 0 Å². The third-order valence-electron chi connectivity index (χ3n) is 5.40. The third-order valence-corrected chi connectivity index (χ3v) is 7.32. The second kappa shape index (κ2) is 8.60. The van der Waals surface area contributed by atoms with Gasteiger partial charge in [-0.15, -0.1) is 5.10 Å². The zero-order valence-electron chi connectivity index (χ0n) is 17.4. The van der Waals surface area contributed by atoms with E-state index in [0.29, 0.717) is 18.7 Å². The molecule has 0 spiro atoms. The lowest BCUT2D eigenvalue weighted by atomic mass is 9.97. The second-order valence-electron chi connectivity index (χ2n) is 7.76. The van der Waals surface area contributed by atoms with E-state index in [9.17, 15) is 13.2 Å². The fourth-order valence-electron chi connectivity index (χ4n) is 3.59. The van der Waals surface area contributed by atoms with E-state index in [1.165, 1.54) is 4.31 Å². The van der Waals surface area contributed by atoms with E-state index in [-0.39, 0.29) is 35.8 Å². The monoisotopic (exact) mass is 440 g/mol. The summed E-state index contributed by atoms with van der Waals surface area (Å²) >= 11 is 0. The molecule has 3 aromatic rings. The summed E-state index contributed by atoms with van der Waals surface area (Å²) < 4.78 is 32.6. The molecule has 1 amide bonds. The number of rotatable bonds is 5. The number of aromatic nitrogens is 2. The first-order valence-electron chi connectivity index (χ1n) is 10.1. The quantitative estimate of drug-likeness (QED) is 0.652. The number of nitrogens with one attached hydrogen (secondary N) is 1. The molecule has 1 saturated heterocycles. The highest BCUT2D eigenvalue weighted by atomic mass is 32.2. The summed E-state index contributed by atoms with van der Waals surface area (Å²) in [6.45, 7) is 4.45. The van der Waals surface area contributed by atoms with Crippen molar-refractivity contribution in [1.29, 1.82) is 0 Å². The van der Waals surface area contributed by atoms with Crippen LogP contribution in [0.25, 0.3) is 11.5 Å². The number of hydrogen-bond donors (Lipinski definition) is 1. The molecule has 4 rings (SSSR count). The van der Waals surface area contributed by atoms with Gasteiger partial charge in [0, 0.05) is 24.6 Å². The van der Waals surface area contributed by atoms with Crippen LogP contribution >= 0.6 is 0 Å². The molecule has 162 valence electrons. The summed E-state index contributed by atoms with van der Waals surface area (Å²) in [7, 11) is -3.56. The van der Waals surface area contributed by atoms with Crippen LogP contribution < -0.4 is 5.32 Å². The maximum absolute atomic E-state index is 12.8. The van der Waals surface area contributed by atoms with Crippen molar-refractivity contribution >= 4 is 21.9 Å². The van der Waals surface area contributed by atoms with Gasteiger partial charge in [0.1, 0.15) is 0 Å². The normalized spacial score (nSPS) is 15.7. The highest BCUT2D eigenvalue weighted by Gasteiger charge is 2.32. The zero-order chi connectivity index (χ0) is 22.0. The van der Waals surface area contributed by atoms with Crippen LogP contribution in [-0.2, 0) is 14.8 Å². The van der Waals surface area contributed by atoms with Crippen molar-refractivity contribution in [2.75, 3.05) is 18.4 Å². The predicted molar refractivity (Wildman–Crippen MR) is 116 cm³/mol. The van der Waals surface area contributed by atoms with Gasteiger partial charge in [0.05, 0.1) is 4.90 Å². The van der Waals surface area contributed by atoms with Crippen LogP contribution in [-0.4, -0.2) is 41.9 Å². The molecular formula is C22H24N4O4S. The van der Waals surface area contributed by atoms with E-state index < -0.39 is 10.0 Å².